The molecule has 1 aromatic heterocycles. The second-order valence-corrected chi connectivity index (χ2v) is 9.60. The van der Waals surface area contributed by atoms with Crippen molar-refractivity contribution in [2.45, 2.75) is 0 Å². The highest BCUT2D eigenvalue weighted by Gasteiger charge is 2.36. The molecule has 2 aromatic carbocycles. The molecular weight excluding hydrogens is 482 g/mol. The van der Waals surface area contributed by atoms with E-state index in [1.165, 1.54) is 4.57 Å². The van der Waals surface area contributed by atoms with Gasteiger partial charge in [-0.05, 0) is 59.8 Å². The van der Waals surface area contributed by atoms with E-state index in [0.29, 0.717) is 24.5 Å². The SMILES string of the molecule is Cn1c(=O)n(C)c2cc(/C=C3/SC(=O)N(CC(=O)Nc4ccc(N5CCOCC5)cc4)C3=O)ccc21. The van der Waals surface area contributed by atoms with Crippen molar-refractivity contribution in [1.29, 1.82) is 0 Å². The van der Waals surface area contributed by atoms with Crippen LogP contribution in [0.5, 0.6) is 0 Å². The lowest BCUT2D eigenvalue weighted by Crippen LogP contribution is -2.36. The second-order valence-electron chi connectivity index (χ2n) is 8.61. The van der Waals surface area contributed by atoms with Gasteiger partial charge in [0, 0.05) is 38.6 Å². The predicted octanol–water partition coefficient (Wildman–Crippen LogP) is 2.39. The van der Waals surface area contributed by atoms with Gasteiger partial charge in [-0.3, -0.25) is 28.4 Å². The molecule has 3 amide bonds. The predicted molar refractivity (Wildman–Crippen MR) is 139 cm³/mol. The lowest BCUT2D eigenvalue weighted by Gasteiger charge is -2.28. The topological polar surface area (TPSA) is 106 Å². The molecule has 1 N–H and O–H groups in total. The van der Waals surface area contributed by atoms with Gasteiger partial charge in [0.2, 0.25) is 5.91 Å². The number of imide groups is 1. The average Bonchev–Trinajstić information content (AvgIpc) is 3.27. The fraction of sp³-hybridized carbons (Fsp3) is 0.280. The maximum absolute atomic E-state index is 12.9. The molecule has 0 aliphatic carbocycles. The smallest absolute Gasteiger partial charge is 0.328 e. The van der Waals surface area contributed by atoms with E-state index in [1.807, 2.05) is 12.1 Å². The number of amides is 3. The molecule has 0 saturated carbocycles. The standard InChI is InChI=1S/C25H25N5O5S/c1-27-19-8-3-16(13-20(19)28(2)24(27)33)14-21-23(32)30(25(34)36-21)15-22(31)26-17-4-6-18(7-5-17)29-9-11-35-12-10-29/h3-8,13-14H,9-12,15H2,1-2H3,(H,26,31)/b21-14+. The molecule has 2 fully saturated rings. The lowest BCUT2D eigenvalue weighted by atomic mass is 10.2. The molecule has 3 heterocycles. The van der Waals surface area contributed by atoms with Gasteiger partial charge in [-0.25, -0.2) is 4.79 Å². The van der Waals surface area contributed by atoms with E-state index in [0.717, 1.165) is 46.5 Å². The van der Waals surface area contributed by atoms with Crippen LogP contribution in [0.4, 0.5) is 16.2 Å². The Kier molecular flexibility index (Phi) is 6.42. The van der Waals surface area contributed by atoms with Gasteiger partial charge in [-0.15, -0.1) is 0 Å². The monoisotopic (exact) mass is 507 g/mol. The van der Waals surface area contributed by atoms with Crippen LogP contribution in [0.3, 0.4) is 0 Å². The van der Waals surface area contributed by atoms with E-state index in [4.69, 9.17) is 4.74 Å². The minimum Gasteiger partial charge on any atom is -0.378 e. The van der Waals surface area contributed by atoms with Crippen LogP contribution >= 0.6 is 11.8 Å². The maximum Gasteiger partial charge on any atom is 0.328 e. The van der Waals surface area contributed by atoms with Crippen LogP contribution in [0.15, 0.2) is 52.2 Å². The summed E-state index contributed by atoms with van der Waals surface area (Å²) < 4.78 is 8.44. The molecule has 2 saturated heterocycles. The van der Waals surface area contributed by atoms with Crippen molar-refractivity contribution in [2.24, 2.45) is 14.1 Å². The van der Waals surface area contributed by atoms with Gasteiger partial charge >= 0.3 is 5.69 Å². The van der Waals surface area contributed by atoms with Crippen molar-refractivity contribution in [1.82, 2.24) is 14.0 Å². The summed E-state index contributed by atoms with van der Waals surface area (Å²) in [5.74, 6) is -0.983. The molecule has 0 spiro atoms. The van der Waals surface area contributed by atoms with Crippen LogP contribution in [0.2, 0.25) is 0 Å². The van der Waals surface area contributed by atoms with Gasteiger partial charge in [0.1, 0.15) is 6.54 Å². The number of rotatable bonds is 5. The van der Waals surface area contributed by atoms with Gasteiger partial charge in [-0.1, -0.05) is 6.07 Å². The highest BCUT2D eigenvalue weighted by atomic mass is 32.2. The first-order valence-corrected chi connectivity index (χ1v) is 12.3. The summed E-state index contributed by atoms with van der Waals surface area (Å²) >= 11 is 0.790. The number of ether oxygens (including phenoxy) is 1. The minimum atomic E-state index is -0.523. The van der Waals surface area contributed by atoms with E-state index in [1.54, 1.807) is 55.1 Å². The number of aromatic nitrogens is 2. The molecule has 11 heteroatoms. The highest BCUT2D eigenvalue weighted by molar-refractivity contribution is 8.18. The molecule has 10 nitrogen and oxygen atoms in total. The number of thioether (sulfide) groups is 1. The Balaban J connectivity index is 1.25. The largest absolute Gasteiger partial charge is 0.378 e. The Morgan fingerprint density at radius 2 is 1.69 bits per heavy atom. The van der Waals surface area contributed by atoms with E-state index in [-0.39, 0.29) is 17.1 Å². The first kappa shape index (κ1) is 23.9. The Morgan fingerprint density at radius 1 is 1.00 bits per heavy atom. The van der Waals surface area contributed by atoms with Crippen LogP contribution in [-0.2, 0) is 28.4 Å². The van der Waals surface area contributed by atoms with Crippen molar-refractivity contribution < 1.29 is 19.1 Å². The van der Waals surface area contributed by atoms with Crippen molar-refractivity contribution in [3.63, 3.8) is 0 Å². The van der Waals surface area contributed by atoms with Crippen LogP contribution < -0.4 is 15.9 Å². The molecule has 36 heavy (non-hydrogen) atoms. The number of nitrogens with zero attached hydrogens (tertiary/aromatic N) is 4. The molecular formula is C25H25N5O5S. The van der Waals surface area contributed by atoms with Crippen molar-refractivity contribution in [2.75, 3.05) is 43.1 Å². The number of hydrogen-bond acceptors (Lipinski definition) is 7. The molecule has 0 bridgehead atoms. The van der Waals surface area contributed by atoms with E-state index >= 15 is 0 Å². The molecule has 2 aliphatic heterocycles. The summed E-state index contributed by atoms with van der Waals surface area (Å²) in [6.45, 7) is 2.63. The Morgan fingerprint density at radius 3 is 2.42 bits per heavy atom. The van der Waals surface area contributed by atoms with Gasteiger partial charge in [-0.2, -0.15) is 0 Å². The van der Waals surface area contributed by atoms with Gasteiger partial charge < -0.3 is 15.0 Å². The summed E-state index contributed by atoms with van der Waals surface area (Å²) in [6, 6.07) is 12.8. The van der Waals surface area contributed by atoms with Crippen molar-refractivity contribution in [3.05, 3.63) is 63.4 Å². The van der Waals surface area contributed by atoms with Crippen molar-refractivity contribution in [3.8, 4) is 0 Å². The zero-order valence-electron chi connectivity index (χ0n) is 19.9. The quantitative estimate of drug-likeness (QED) is 0.529. The van der Waals surface area contributed by atoms with Crippen LogP contribution in [0, 0.1) is 0 Å². The number of aryl methyl sites for hydroxylation is 2. The normalized spacial score (nSPS) is 17.4. The van der Waals surface area contributed by atoms with E-state index in [9.17, 15) is 19.2 Å². The van der Waals surface area contributed by atoms with Crippen LogP contribution in [0.25, 0.3) is 17.1 Å². The highest BCUT2D eigenvalue weighted by Crippen LogP contribution is 2.32. The zero-order chi connectivity index (χ0) is 25.4. The third kappa shape index (κ3) is 4.54. The van der Waals surface area contributed by atoms with E-state index in [2.05, 4.69) is 10.2 Å². The molecule has 5 rings (SSSR count). The summed E-state index contributed by atoms with van der Waals surface area (Å²) in [7, 11) is 3.37. The minimum absolute atomic E-state index is 0.149. The van der Waals surface area contributed by atoms with Crippen LogP contribution in [-0.4, -0.2) is 63.9 Å². The van der Waals surface area contributed by atoms with Gasteiger partial charge in [0.05, 0.1) is 29.2 Å². The number of fused-ring (bicyclic) bond motifs is 1. The maximum atomic E-state index is 12.9. The zero-order valence-corrected chi connectivity index (χ0v) is 20.7. The molecule has 0 atom stereocenters. The van der Waals surface area contributed by atoms with Crippen molar-refractivity contribution >= 4 is 57.3 Å². The summed E-state index contributed by atoms with van der Waals surface area (Å²) in [6.07, 6.45) is 1.60. The second kappa shape index (κ2) is 9.67. The number of nitrogens with one attached hydrogen (secondary N) is 1. The number of anilines is 2. The Bertz CT molecular complexity index is 1450. The third-order valence-electron chi connectivity index (χ3n) is 6.30. The fourth-order valence-corrected chi connectivity index (χ4v) is 5.16. The molecule has 0 radical (unpaired) electrons. The lowest BCUT2D eigenvalue weighted by molar-refractivity contribution is -0.127. The van der Waals surface area contributed by atoms with Gasteiger partial charge in [0.25, 0.3) is 11.1 Å². The third-order valence-corrected chi connectivity index (χ3v) is 7.20. The first-order chi connectivity index (χ1) is 17.3. The summed E-state index contributed by atoms with van der Waals surface area (Å²) in [4.78, 5) is 53.5. The number of morpholine rings is 1. The number of imidazole rings is 1. The molecule has 2 aliphatic rings. The summed E-state index contributed by atoms with van der Waals surface area (Å²) in [5.41, 5.74) is 3.64. The number of carbonyl (C=O) groups excluding carboxylic acids is 3. The Labute approximate surface area is 211 Å². The fourth-order valence-electron chi connectivity index (χ4n) is 4.32. The number of benzene rings is 2. The molecule has 3 aromatic rings. The summed E-state index contributed by atoms with van der Waals surface area (Å²) in [5, 5.41) is 2.24. The Hall–Kier alpha value is -3.83. The number of carbonyl (C=O) groups is 3. The van der Waals surface area contributed by atoms with Gasteiger partial charge in [0.15, 0.2) is 0 Å². The van der Waals surface area contributed by atoms with E-state index < -0.39 is 17.1 Å². The average molecular weight is 508 g/mol. The molecule has 186 valence electrons. The molecule has 0 unspecified atom stereocenters. The van der Waals surface area contributed by atoms with Crippen LogP contribution in [0.1, 0.15) is 5.56 Å². The first-order valence-electron chi connectivity index (χ1n) is 11.5. The number of hydrogen-bond donors (Lipinski definition) is 1.